The minimum absolute atomic E-state index is 0.00888. The number of nitrogens with zero attached hydrogens (tertiary/aromatic N) is 4. The molecule has 0 saturated heterocycles. The molecule has 36 heavy (non-hydrogen) atoms. The number of carbonyl (C=O) groups excluding carboxylic acids is 1. The van der Waals surface area contributed by atoms with Crippen LogP contribution in [0.25, 0.3) is 10.9 Å². The minimum Gasteiger partial charge on any atom is -0.383 e. The van der Waals surface area contributed by atoms with Crippen molar-refractivity contribution in [1.29, 1.82) is 0 Å². The fourth-order valence-corrected chi connectivity index (χ4v) is 4.95. The van der Waals surface area contributed by atoms with Gasteiger partial charge in [0.2, 0.25) is 0 Å². The van der Waals surface area contributed by atoms with E-state index in [1.165, 1.54) is 22.3 Å². The number of thiazole rings is 1. The summed E-state index contributed by atoms with van der Waals surface area (Å²) < 4.78 is 44.6. The van der Waals surface area contributed by atoms with E-state index in [1.807, 2.05) is 6.92 Å². The highest BCUT2D eigenvalue weighted by Crippen LogP contribution is 2.38. The summed E-state index contributed by atoms with van der Waals surface area (Å²) in [6.07, 6.45) is -2.36. The predicted molar refractivity (Wildman–Crippen MR) is 129 cm³/mol. The molecule has 5 rings (SSSR count). The lowest BCUT2D eigenvalue weighted by Crippen LogP contribution is -2.30. The normalized spacial score (nSPS) is 15.3. The largest absolute Gasteiger partial charge is 0.417 e. The molecule has 3 aromatic heterocycles. The van der Waals surface area contributed by atoms with Gasteiger partial charge in [0.05, 0.1) is 42.6 Å². The number of rotatable bonds is 5. The van der Waals surface area contributed by atoms with Gasteiger partial charge in [-0.2, -0.15) is 13.2 Å². The number of pyridine rings is 2. The van der Waals surface area contributed by atoms with Gasteiger partial charge in [0.1, 0.15) is 5.82 Å². The summed E-state index contributed by atoms with van der Waals surface area (Å²) in [4.78, 5) is 28.3. The summed E-state index contributed by atoms with van der Waals surface area (Å²) in [5, 5.41) is 1.12. The van der Waals surface area contributed by atoms with Crippen LogP contribution in [0, 0.1) is 0 Å². The molecular weight excluding hydrogens is 493 g/mol. The van der Waals surface area contributed by atoms with Crippen molar-refractivity contribution >= 4 is 39.1 Å². The second-order valence-electron chi connectivity index (χ2n) is 8.44. The van der Waals surface area contributed by atoms with Crippen LogP contribution < -0.4 is 11.5 Å². The smallest absolute Gasteiger partial charge is 0.383 e. The van der Waals surface area contributed by atoms with Gasteiger partial charge in [-0.05, 0) is 42.8 Å². The zero-order valence-electron chi connectivity index (χ0n) is 19.0. The number of carbonyl (C=O) groups is 1. The predicted octanol–water partition coefficient (Wildman–Crippen LogP) is 4.70. The first-order valence-corrected chi connectivity index (χ1v) is 11.8. The van der Waals surface area contributed by atoms with E-state index in [-0.39, 0.29) is 25.1 Å². The Morgan fingerprint density at radius 1 is 1.17 bits per heavy atom. The molecule has 0 aliphatic carbocycles. The quantitative estimate of drug-likeness (QED) is 0.396. The van der Waals surface area contributed by atoms with Crippen molar-refractivity contribution in [3.8, 4) is 0 Å². The van der Waals surface area contributed by atoms with Crippen LogP contribution in [0.15, 0.2) is 42.7 Å². The van der Waals surface area contributed by atoms with Gasteiger partial charge < -0.3 is 21.1 Å². The van der Waals surface area contributed by atoms with Crippen LogP contribution in [0.3, 0.4) is 0 Å². The molecule has 1 aliphatic heterocycles. The van der Waals surface area contributed by atoms with Crippen LogP contribution >= 0.6 is 11.3 Å². The van der Waals surface area contributed by atoms with Crippen molar-refractivity contribution in [2.45, 2.75) is 38.9 Å². The number of benzene rings is 1. The monoisotopic (exact) mass is 514 g/mol. The molecule has 1 aromatic carbocycles. The van der Waals surface area contributed by atoms with Crippen LogP contribution in [0.1, 0.15) is 50.6 Å². The van der Waals surface area contributed by atoms with Crippen LogP contribution in [-0.2, 0) is 30.6 Å². The topological polar surface area (TPSA) is 120 Å². The van der Waals surface area contributed by atoms with Crippen LogP contribution in [0.2, 0.25) is 0 Å². The van der Waals surface area contributed by atoms with Gasteiger partial charge in [0.25, 0.3) is 5.91 Å². The Bertz CT molecular complexity index is 1460. The summed E-state index contributed by atoms with van der Waals surface area (Å²) in [6, 6.07) is 7.34. The summed E-state index contributed by atoms with van der Waals surface area (Å²) in [7, 11) is 0. The molecule has 0 saturated carbocycles. The SMILES string of the molecule is C[C@@H]1OCc2c1c(N)nc1ccc(C(=O)N(Cc3ccc(C(F)(F)F)cn3)Cc3cnc(N)s3)cc21. The Balaban J connectivity index is 1.50. The highest BCUT2D eigenvalue weighted by atomic mass is 32.1. The zero-order valence-corrected chi connectivity index (χ0v) is 19.9. The minimum atomic E-state index is -4.49. The molecule has 1 atom stereocenters. The van der Waals surface area contributed by atoms with Crippen molar-refractivity contribution < 1.29 is 22.7 Å². The van der Waals surface area contributed by atoms with Crippen molar-refractivity contribution in [3.05, 3.63) is 75.6 Å². The van der Waals surface area contributed by atoms with E-state index in [2.05, 4.69) is 15.0 Å². The number of alkyl halides is 3. The molecule has 0 spiro atoms. The molecule has 0 fully saturated rings. The first-order chi connectivity index (χ1) is 17.1. The number of anilines is 2. The van der Waals surface area contributed by atoms with Gasteiger partial charge >= 0.3 is 6.18 Å². The van der Waals surface area contributed by atoms with E-state index in [1.54, 1.807) is 24.4 Å². The Kier molecular flexibility index (Phi) is 6.00. The third-order valence-electron chi connectivity index (χ3n) is 6.01. The molecule has 186 valence electrons. The third kappa shape index (κ3) is 4.56. The lowest BCUT2D eigenvalue weighted by molar-refractivity contribution is -0.137. The lowest BCUT2D eigenvalue weighted by Gasteiger charge is -2.22. The van der Waals surface area contributed by atoms with Crippen LogP contribution in [-0.4, -0.2) is 25.8 Å². The number of aromatic nitrogens is 3. The summed E-state index contributed by atoms with van der Waals surface area (Å²) in [5.41, 5.74) is 14.1. The number of amides is 1. The second kappa shape index (κ2) is 9.03. The number of halogens is 3. The number of nitrogens with two attached hydrogens (primary N) is 2. The summed E-state index contributed by atoms with van der Waals surface area (Å²) in [5.74, 6) is 0.0717. The maximum absolute atomic E-state index is 13.7. The molecule has 8 nitrogen and oxygen atoms in total. The van der Waals surface area contributed by atoms with Crippen molar-refractivity contribution in [2.24, 2.45) is 0 Å². The number of ether oxygens (including phenoxy) is 1. The Hall–Kier alpha value is -3.77. The molecule has 4 heterocycles. The first-order valence-electron chi connectivity index (χ1n) is 11.0. The summed E-state index contributed by atoms with van der Waals surface area (Å²) >= 11 is 1.23. The van der Waals surface area contributed by atoms with Gasteiger partial charge in [-0.3, -0.25) is 9.78 Å². The van der Waals surface area contributed by atoms with Gasteiger partial charge in [-0.1, -0.05) is 0 Å². The highest BCUT2D eigenvalue weighted by Gasteiger charge is 2.31. The average molecular weight is 515 g/mol. The van der Waals surface area contributed by atoms with E-state index < -0.39 is 11.7 Å². The van der Waals surface area contributed by atoms with Crippen molar-refractivity contribution in [2.75, 3.05) is 11.5 Å². The van der Waals surface area contributed by atoms with Crippen molar-refractivity contribution in [3.63, 3.8) is 0 Å². The molecule has 0 radical (unpaired) electrons. The van der Waals surface area contributed by atoms with Crippen LogP contribution in [0.4, 0.5) is 24.1 Å². The highest BCUT2D eigenvalue weighted by molar-refractivity contribution is 7.15. The Morgan fingerprint density at radius 3 is 2.64 bits per heavy atom. The average Bonchev–Trinajstić information content (AvgIpc) is 3.43. The summed E-state index contributed by atoms with van der Waals surface area (Å²) in [6.45, 7) is 2.40. The van der Waals surface area contributed by atoms with E-state index in [0.717, 1.165) is 33.7 Å². The zero-order chi connectivity index (χ0) is 25.6. The molecule has 12 heteroatoms. The maximum atomic E-state index is 13.7. The maximum Gasteiger partial charge on any atom is 0.417 e. The van der Waals surface area contributed by atoms with Gasteiger partial charge in [0.15, 0.2) is 5.13 Å². The second-order valence-corrected chi connectivity index (χ2v) is 9.58. The third-order valence-corrected chi connectivity index (χ3v) is 6.82. The van der Waals surface area contributed by atoms with E-state index in [4.69, 9.17) is 16.2 Å². The fraction of sp³-hybridized carbons (Fsp3) is 0.250. The van der Waals surface area contributed by atoms with E-state index >= 15 is 0 Å². The number of fused-ring (bicyclic) bond motifs is 3. The van der Waals surface area contributed by atoms with Gasteiger partial charge in [-0.25, -0.2) is 9.97 Å². The molecule has 0 unspecified atom stereocenters. The standard InChI is InChI=1S/C24H21F3N6O2S/c1-12-20-18(11-35-12)17-6-13(2-5-19(17)32-21(20)28)22(34)33(10-16-8-31-23(29)36-16)9-15-4-3-14(7-30-15)24(25,26)27/h2-8,12H,9-11H2,1H3,(H2,28,32)(H2,29,31)/t12-/m0/s1. The number of hydrogen-bond donors (Lipinski definition) is 2. The van der Waals surface area contributed by atoms with Gasteiger partial charge in [-0.15, -0.1) is 11.3 Å². The molecule has 0 bridgehead atoms. The van der Waals surface area contributed by atoms with E-state index in [0.29, 0.717) is 34.3 Å². The molecule has 4 N–H and O–H groups in total. The molecular formula is C24H21F3N6O2S. The van der Waals surface area contributed by atoms with Crippen LogP contribution in [0.5, 0.6) is 0 Å². The fourth-order valence-electron chi connectivity index (χ4n) is 4.25. The molecule has 1 aliphatic rings. The molecule has 1 amide bonds. The Labute approximate surface area is 207 Å². The number of hydrogen-bond acceptors (Lipinski definition) is 8. The molecule has 4 aromatic rings. The lowest BCUT2D eigenvalue weighted by atomic mass is 10.00. The Morgan fingerprint density at radius 2 is 1.97 bits per heavy atom. The van der Waals surface area contributed by atoms with E-state index in [9.17, 15) is 18.0 Å². The van der Waals surface area contributed by atoms with Gasteiger partial charge in [0, 0.05) is 33.8 Å². The van der Waals surface area contributed by atoms with Crippen molar-refractivity contribution in [1.82, 2.24) is 19.9 Å². The first kappa shape index (κ1) is 23.9. The number of nitrogen functional groups attached to an aromatic ring is 2.